The highest BCUT2D eigenvalue weighted by Gasteiger charge is 2.67. The molecule has 1 fully saturated rings. The molecule has 1 saturated carbocycles. The maximum absolute atomic E-state index is 13.1. The smallest absolute Gasteiger partial charge is 0.346 e. The van der Waals surface area contributed by atoms with Crippen LogP contribution >= 0.6 is 58.0 Å². The topological polar surface area (TPSA) is 58.2 Å². The molecule has 0 bridgehead atoms. The molecule has 2 N–H and O–H groups in total. The maximum Gasteiger partial charge on any atom is 0.455 e. The average molecular weight is 585 g/mol. The predicted molar refractivity (Wildman–Crippen MR) is 121 cm³/mol. The van der Waals surface area contributed by atoms with E-state index in [9.17, 15) is 31.5 Å². The van der Waals surface area contributed by atoms with Crippen LogP contribution in [0.15, 0.2) is 36.4 Å². The molecule has 0 spiro atoms. The third-order valence-electron chi connectivity index (χ3n) is 4.94. The van der Waals surface area contributed by atoms with Gasteiger partial charge in [0.15, 0.2) is 0 Å². The molecule has 0 heterocycles. The number of carbonyl (C=O) groups is 2. The van der Waals surface area contributed by atoms with Crippen LogP contribution in [0.5, 0.6) is 0 Å². The largest absolute Gasteiger partial charge is 0.455 e. The van der Waals surface area contributed by atoms with Crippen LogP contribution in [0.1, 0.15) is 21.8 Å². The van der Waals surface area contributed by atoms with Gasteiger partial charge >= 0.3 is 12.1 Å². The minimum absolute atomic E-state index is 0.000964. The highest BCUT2D eigenvalue weighted by Crippen LogP contribution is 2.65. The number of hydrogen-bond donors (Lipinski definition) is 2. The van der Waals surface area contributed by atoms with Crippen LogP contribution in [-0.2, 0) is 4.79 Å². The van der Waals surface area contributed by atoms with Gasteiger partial charge in [0, 0.05) is 21.7 Å². The second kappa shape index (κ2) is 9.50. The SMILES string of the molecule is O=C(NCC(F)(F)C(F)(F)F)c1cc(NC(=O)C2C(c3cc(Cl)cc(Cl)c3)C2(Cl)Cl)ccc1Cl. The van der Waals surface area contributed by atoms with Crippen molar-refractivity contribution < 1.29 is 31.5 Å². The van der Waals surface area contributed by atoms with E-state index in [2.05, 4.69) is 5.32 Å². The summed E-state index contributed by atoms with van der Waals surface area (Å²) in [6, 6.07) is 8.04. The van der Waals surface area contributed by atoms with Gasteiger partial charge in [-0.15, -0.1) is 23.2 Å². The Morgan fingerprint density at radius 3 is 2.09 bits per heavy atom. The summed E-state index contributed by atoms with van der Waals surface area (Å²) in [4.78, 5) is 24.9. The summed E-state index contributed by atoms with van der Waals surface area (Å²) < 4.78 is 61.6. The monoisotopic (exact) mass is 582 g/mol. The van der Waals surface area contributed by atoms with Gasteiger partial charge in [-0.3, -0.25) is 9.59 Å². The number of carbonyl (C=O) groups excluding carboxylic acids is 2. The molecule has 1 aliphatic rings. The van der Waals surface area contributed by atoms with E-state index in [-0.39, 0.29) is 10.7 Å². The van der Waals surface area contributed by atoms with E-state index in [1.54, 1.807) is 12.1 Å². The summed E-state index contributed by atoms with van der Waals surface area (Å²) in [5.74, 6) is -8.69. The molecular weight excluding hydrogens is 572 g/mol. The summed E-state index contributed by atoms with van der Waals surface area (Å²) in [6.45, 7) is -1.99. The normalized spacial score (nSPS) is 19.5. The first-order valence-electron chi connectivity index (χ1n) is 9.21. The second-order valence-corrected chi connectivity index (χ2v) is 10.1. The van der Waals surface area contributed by atoms with E-state index in [0.29, 0.717) is 15.6 Å². The zero-order chi connectivity index (χ0) is 25.6. The van der Waals surface area contributed by atoms with E-state index >= 15 is 0 Å². The summed E-state index contributed by atoms with van der Waals surface area (Å²) in [6.07, 6.45) is -5.84. The maximum atomic E-state index is 13.1. The van der Waals surface area contributed by atoms with Crippen molar-refractivity contribution in [2.24, 2.45) is 5.92 Å². The van der Waals surface area contributed by atoms with Gasteiger partial charge in [-0.25, -0.2) is 0 Å². The zero-order valence-corrected chi connectivity index (χ0v) is 20.2. The van der Waals surface area contributed by atoms with Crippen molar-refractivity contribution in [3.05, 3.63) is 62.6 Å². The Balaban J connectivity index is 1.74. The Morgan fingerprint density at radius 2 is 1.53 bits per heavy atom. The second-order valence-electron chi connectivity index (χ2n) is 7.40. The number of halogens is 10. The summed E-state index contributed by atoms with van der Waals surface area (Å²) in [5, 5.41) is 4.32. The van der Waals surface area contributed by atoms with E-state index < -0.39 is 52.2 Å². The highest BCUT2D eigenvalue weighted by atomic mass is 35.5. The zero-order valence-electron chi connectivity index (χ0n) is 16.4. The van der Waals surface area contributed by atoms with Gasteiger partial charge in [0.1, 0.15) is 4.33 Å². The summed E-state index contributed by atoms with van der Waals surface area (Å²) in [7, 11) is 0. The molecule has 34 heavy (non-hydrogen) atoms. The fourth-order valence-electron chi connectivity index (χ4n) is 3.21. The van der Waals surface area contributed by atoms with Gasteiger partial charge in [0.05, 0.1) is 23.0 Å². The summed E-state index contributed by atoms with van der Waals surface area (Å²) in [5.41, 5.74) is 0.0832. The van der Waals surface area contributed by atoms with Crippen LogP contribution in [-0.4, -0.2) is 34.8 Å². The number of alkyl halides is 7. The Hall–Kier alpha value is -1.52. The molecule has 14 heteroatoms. The highest BCUT2D eigenvalue weighted by molar-refractivity contribution is 6.53. The molecule has 0 radical (unpaired) electrons. The van der Waals surface area contributed by atoms with Crippen molar-refractivity contribution in [3.63, 3.8) is 0 Å². The van der Waals surface area contributed by atoms with Crippen molar-refractivity contribution >= 4 is 75.5 Å². The molecule has 2 atom stereocenters. The van der Waals surface area contributed by atoms with Crippen LogP contribution in [0.3, 0.4) is 0 Å². The van der Waals surface area contributed by atoms with Gasteiger partial charge < -0.3 is 10.6 Å². The van der Waals surface area contributed by atoms with E-state index in [4.69, 9.17) is 58.0 Å². The first-order valence-corrected chi connectivity index (χ1v) is 11.1. The van der Waals surface area contributed by atoms with Gasteiger partial charge in [-0.1, -0.05) is 34.8 Å². The van der Waals surface area contributed by atoms with Gasteiger partial charge in [0.2, 0.25) is 5.91 Å². The van der Waals surface area contributed by atoms with Crippen molar-refractivity contribution in [2.75, 3.05) is 11.9 Å². The minimum atomic E-state index is -5.84. The lowest BCUT2D eigenvalue weighted by Crippen LogP contribution is -2.46. The van der Waals surface area contributed by atoms with Gasteiger partial charge in [-0.05, 0) is 42.0 Å². The number of hydrogen-bond acceptors (Lipinski definition) is 2. The Labute approximate surface area is 214 Å². The molecule has 0 saturated heterocycles. The molecule has 1 aliphatic carbocycles. The number of anilines is 1. The fraction of sp³-hybridized carbons (Fsp3) is 0.300. The van der Waals surface area contributed by atoms with Gasteiger partial charge in [-0.2, -0.15) is 22.0 Å². The van der Waals surface area contributed by atoms with Gasteiger partial charge in [0.25, 0.3) is 5.91 Å². The predicted octanol–water partition coefficient (Wildman–Crippen LogP) is 7.10. The molecule has 4 nitrogen and oxygen atoms in total. The number of amides is 2. The Morgan fingerprint density at radius 1 is 0.941 bits per heavy atom. The minimum Gasteiger partial charge on any atom is -0.346 e. The van der Waals surface area contributed by atoms with E-state index in [1.807, 2.05) is 0 Å². The lowest BCUT2D eigenvalue weighted by Gasteiger charge is -2.20. The van der Waals surface area contributed by atoms with Crippen molar-refractivity contribution in [2.45, 2.75) is 22.4 Å². The molecule has 2 aromatic carbocycles. The standard InChI is InChI=1S/C20H12Cl5F5N2O2/c21-9-3-8(4-10(22)5-9)14-15(19(14,24)25)17(34)32-11-1-2-13(23)12(6-11)16(33)31-7-18(26,27)20(28,29)30/h1-6,14-15H,7H2,(H,31,33)(H,32,34). The van der Waals surface area contributed by atoms with Crippen molar-refractivity contribution in [1.82, 2.24) is 5.32 Å². The molecule has 0 aliphatic heterocycles. The number of rotatable bonds is 6. The first-order chi connectivity index (χ1) is 15.5. The average Bonchev–Trinajstić information content (AvgIpc) is 3.28. The molecule has 2 aromatic rings. The Kier molecular flexibility index (Phi) is 7.57. The first kappa shape index (κ1) is 27.1. The molecule has 2 amide bonds. The van der Waals surface area contributed by atoms with E-state index in [1.165, 1.54) is 17.4 Å². The number of nitrogens with one attached hydrogen (secondary N) is 2. The lowest BCUT2D eigenvalue weighted by molar-refractivity contribution is -0.278. The van der Waals surface area contributed by atoms with Crippen LogP contribution in [0, 0.1) is 5.92 Å². The van der Waals surface area contributed by atoms with Crippen molar-refractivity contribution in [1.29, 1.82) is 0 Å². The van der Waals surface area contributed by atoms with Crippen LogP contribution in [0.2, 0.25) is 15.1 Å². The lowest BCUT2D eigenvalue weighted by atomic mass is 10.1. The van der Waals surface area contributed by atoms with Crippen molar-refractivity contribution in [3.8, 4) is 0 Å². The molecule has 0 aromatic heterocycles. The summed E-state index contributed by atoms with van der Waals surface area (Å²) >= 11 is 30.4. The van der Waals surface area contributed by atoms with E-state index in [0.717, 1.165) is 12.1 Å². The third kappa shape index (κ3) is 5.65. The number of benzene rings is 2. The Bertz CT molecular complexity index is 1120. The molecule has 2 unspecified atom stereocenters. The quantitative estimate of drug-likeness (QED) is 0.281. The van der Waals surface area contributed by atoms with Crippen LogP contribution in [0.4, 0.5) is 27.6 Å². The van der Waals surface area contributed by atoms with Crippen LogP contribution in [0.25, 0.3) is 0 Å². The van der Waals surface area contributed by atoms with Crippen LogP contribution < -0.4 is 10.6 Å². The molecule has 3 rings (SSSR count). The molecule has 184 valence electrons. The fourth-order valence-corrected chi connectivity index (χ4v) is 4.78. The molecular formula is C20H12Cl5F5N2O2. The third-order valence-corrected chi connectivity index (χ3v) is 6.65.